The number of benzene rings is 2. The molecule has 0 saturated heterocycles. The van der Waals surface area contributed by atoms with E-state index in [0.717, 1.165) is 11.1 Å². The fourth-order valence-electron chi connectivity index (χ4n) is 2.60. The van der Waals surface area contributed by atoms with Gasteiger partial charge in [-0.3, -0.25) is 9.59 Å². The SMILES string of the molecule is COc1cc(/C=C/C(C)c2ccc(OC(C)=O)c(OC)c2)ccc1OC(C)=O. The van der Waals surface area contributed by atoms with E-state index in [9.17, 15) is 9.59 Å². The third-order valence-corrected chi connectivity index (χ3v) is 3.99. The fourth-order valence-corrected chi connectivity index (χ4v) is 2.60. The van der Waals surface area contributed by atoms with Gasteiger partial charge < -0.3 is 18.9 Å². The number of methoxy groups -OCH3 is 2. The van der Waals surface area contributed by atoms with E-state index in [4.69, 9.17) is 18.9 Å². The van der Waals surface area contributed by atoms with Crippen LogP contribution in [0.4, 0.5) is 0 Å². The van der Waals surface area contributed by atoms with E-state index in [0.29, 0.717) is 23.0 Å². The predicted molar refractivity (Wildman–Crippen MR) is 106 cm³/mol. The van der Waals surface area contributed by atoms with Gasteiger partial charge in [-0.1, -0.05) is 31.2 Å². The molecule has 2 aromatic carbocycles. The van der Waals surface area contributed by atoms with Crippen molar-refractivity contribution in [1.82, 2.24) is 0 Å². The van der Waals surface area contributed by atoms with Gasteiger partial charge >= 0.3 is 11.9 Å². The van der Waals surface area contributed by atoms with Crippen molar-refractivity contribution in [1.29, 1.82) is 0 Å². The maximum Gasteiger partial charge on any atom is 0.308 e. The largest absolute Gasteiger partial charge is 0.493 e. The Balaban J connectivity index is 2.19. The molecule has 6 nitrogen and oxygen atoms in total. The lowest BCUT2D eigenvalue weighted by molar-refractivity contribution is -0.132. The van der Waals surface area contributed by atoms with E-state index < -0.39 is 11.9 Å². The van der Waals surface area contributed by atoms with Crippen LogP contribution in [0.3, 0.4) is 0 Å². The van der Waals surface area contributed by atoms with E-state index >= 15 is 0 Å². The van der Waals surface area contributed by atoms with Crippen LogP contribution in [-0.4, -0.2) is 26.2 Å². The highest BCUT2D eigenvalue weighted by Crippen LogP contribution is 2.32. The van der Waals surface area contributed by atoms with Crippen LogP contribution < -0.4 is 18.9 Å². The van der Waals surface area contributed by atoms with Gasteiger partial charge in [0, 0.05) is 13.8 Å². The summed E-state index contributed by atoms with van der Waals surface area (Å²) in [6, 6.07) is 10.8. The van der Waals surface area contributed by atoms with Gasteiger partial charge in [0.15, 0.2) is 23.0 Å². The van der Waals surface area contributed by atoms with Gasteiger partial charge in [0.25, 0.3) is 0 Å². The molecule has 0 radical (unpaired) electrons. The van der Waals surface area contributed by atoms with Crippen molar-refractivity contribution in [3.05, 3.63) is 53.6 Å². The van der Waals surface area contributed by atoms with Crippen LogP contribution in [0.25, 0.3) is 6.08 Å². The van der Waals surface area contributed by atoms with E-state index in [2.05, 4.69) is 0 Å². The third kappa shape index (κ3) is 5.61. The van der Waals surface area contributed by atoms with E-state index in [1.807, 2.05) is 37.3 Å². The standard InChI is InChI=1S/C22H24O6/c1-14(18-9-11-20(28-16(3)24)22(13-18)26-5)6-7-17-8-10-19(27-15(2)23)21(12-17)25-4/h6-14H,1-5H3/b7-6+. The van der Waals surface area contributed by atoms with Crippen molar-refractivity contribution in [2.75, 3.05) is 14.2 Å². The van der Waals surface area contributed by atoms with Crippen molar-refractivity contribution < 1.29 is 28.5 Å². The van der Waals surface area contributed by atoms with Crippen molar-refractivity contribution in [3.63, 3.8) is 0 Å². The molecule has 6 heteroatoms. The van der Waals surface area contributed by atoms with E-state index in [1.54, 1.807) is 18.2 Å². The maximum atomic E-state index is 11.2. The summed E-state index contributed by atoms with van der Waals surface area (Å²) in [5.74, 6) is 1.04. The topological polar surface area (TPSA) is 71.1 Å². The first-order chi connectivity index (χ1) is 13.3. The van der Waals surface area contributed by atoms with Crippen LogP contribution >= 0.6 is 0 Å². The Morgan fingerprint density at radius 2 is 1.36 bits per heavy atom. The number of rotatable bonds is 7. The Morgan fingerprint density at radius 1 is 0.821 bits per heavy atom. The second kappa shape index (κ2) is 9.60. The highest BCUT2D eigenvalue weighted by Gasteiger charge is 2.11. The first kappa shape index (κ1) is 21.0. The molecule has 0 saturated carbocycles. The molecule has 1 unspecified atom stereocenters. The molecule has 1 atom stereocenters. The van der Waals surface area contributed by atoms with Crippen molar-refractivity contribution in [2.45, 2.75) is 26.7 Å². The summed E-state index contributed by atoms with van der Waals surface area (Å²) in [5, 5.41) is 0. The molecule has 0 aliphatic rings. The van der Waals surface area contributed by atoms with Gasteiger partial charge in [0.2, 0.25) is 0 Å². The number of esters is 2. The molecule has 0 aromatic heterocycles. The van der Waals surface area contributed by atoms with Gasteiger partial charge in [-0.2, -0.15) is 0 Å². The van der Waals surface area contributed by atoms with Crippen LogP contribution in [0, 0.1) is 0 Å². The van der Waals surface area contributed by atoms with Gasteiger partial charge in [-0.15, -0.1) is 0 Å². The molecule has 0 bridgehead atoms. The predicted octanol–water partition coefficient (Wildman–Crippen LogP) is 4.37. The molecule has 0 spiro atoms. The number of carbonyl (C=O) groups is 2. The highest BCUT2D eigenvalue weighted by molar-refractivity contribution is 5.71. The first-order valence-electron chi connectivity index (χ1n) is 8.75. The molecule has 0 N–H and O–H groups in total. The Hall–Kier alpha value is -3.28. The highest BCUT2D eigenvalue weighted by atomic mass is 16.6. The van der Waals surface area contributed by atoms with E-state index in [1.165, 1.54) is 28.1 Å². The fraction of sp³-hybridized carbons (Fsp3) is 0.273. The molecular formula is C22H24O6. The first-order valence-corrected chi connectivity index (χ1v) is 8.75. The minimum Gasteiger partial charge on any atom is -0.493 e. The van der Waals surface area contributed by atoms with Gasteiger partial charge in [0.05, 0.1) is 14.2 Å². The number of hydrogen-bond donors (Lipinski definition) is 0. The molecule has 0 aliphatic heterocycles. The van der Waals surface area contributed by atoms with Crippen LogP contribution in [0.15, 0.2) is 42.5 Å². The van der Waals surface area contributed by atoms with Crippen LogP contribution in [-0.2, 0) is 9.59 Å². The monoisotopic (exact) mass is 384 g/mol. The van der Waals surface area contributed by atoms with Crippen LogP contribution in [0.5, 0.6) is 23.0 Å². The Morgan fingerprint density at radius 3 is 1.89 bits per heavy atom. The van der Waals surface area contributed by atoms with Crippen molar-refractivity contribution in [3.8, 4) is 23.0 Å². The second-order valence-corrected chi connectivity index (χ2v) is 6.16. The zero-order chi connectivity index (χ0) is 20.7. The van der Waals surface area contributed by atoms with Gasteiger partial charge in [-0.05, 0) is 41.3 Å². The summed E-state index contributed by atoms with van der Waals surface area (Å²) in [5.41, 5.74) is 1.91. The average Bonchev–Trinajstić information content (AvgIpc) is 2.66. The van der Waals surface area contributed by atoms with Gasteiger partial charge in [0.1, 0.15) is 0 Å². The van der Waals surface area contributed by atoms with Crippen molar-refractivity contribution >= 4 is 18.0 Å². The summed E-state index contributed by atoms with van der Waals surface area (Å²) in [6.07, 6.45) is 3.98. The molecule has 0 fully saturated rings. The molecule has 148 valence electrons. The zero-order valence-corrected chi connectivity index (χ0v) is 16.6. The second-order valence-electron chi connectivity index (χ2n) is 6.16. The molecular weight excluding hydrogens is 360 g/mol. The number of hydrogen-bond acceptors (Lipinski definition) is 6. The summed E-state index contributed by atoms with van der Waals surface area (Å²) in [4.78, 5) is 22.3. The quantitative estimate of drug-likeness (QED) is 0.521. The average molecular weight is 384 g/mol. The molecule has 0 heterocycles. The molecule has 2 aromatic rings. The number of carbonyl (C=O) groups excluding carboxylic acids is 2. The Labute approximate surface area is 164 Å². The van der Waals surface area contributed by atoms with Crippen molar-refractivity contribution in [2.24, 2.45) is 0 Å². The summed E-state index contributed by atoms with van der Waals surface area (Å²) < 4.78 is 20.8. The molecule has 0 aliphatic carbocycles. The lowest BCUT2D eigenvalue weighted by Crippen LogP contribution is -2.03. The summed E-state index contributed by atoms with van der Waals surface area (Å²) >= 11 is 0. The minimum atomic E-state index is -0.402. The maximum absolute atomic E-state index is 11.2. The zero-order valence-electron chi connectivity index (χ0n) is 16.6. The number of ether oxygens (including phenoxy) is 4. The molecule has 0 amide bonds. The van der Waals surface area contributed by atoms with Gasteiger partial charge in [-0.25, -0.2) is 0 Å². The minimum absolute atomic E-state index is 0.0828. The van der Waals surface area contributed by atoms with Crippen LogP contribution in [0.2, 0.25) is 0 Å². The lowest BCUT2D eigenvalue weighted by Gasteiger charge is -2.13. The van der Waals surface area contributed by atoms with E-state index in [-0.39, 0.29) is 5.92 Å². The lowest BCUT2D eigenvalue weighted by atomic mass is 9.99. The number of allylic oxidation sites excluding steroid dienone is 1. The Bertz CT molecular complexity index is 885. The molecule has 2 rings (SSSR count). The third-order valence-electron chi connectivity index (χ3n) is 3.99. The summed E-state index contributed by atoms with van der Waals surface area (Å²) in [7, 11) is 3.05. The normalized spacial score (nSPS) is 11.8. The molecule has 28 heavy (non-hydrogen) atoms. The summed E-state index contributed by atoms with van der Waals surface area (Å²) in [6.45, 7) is 4.73. The van der Waals surface area contributed by atoms with Crippen LogP contribution in [0.1, 0.15) is 37.8 Å². The Kier molecular flexibility index (Phi) is 7.21. The smallest absolute Gasteiger partial charge is 0.308 e.